The second kappa shape index (κ2) is 8.51. The lowest BCUT2D eigenvalue weighted by Gasteiger charge is -2.19. The Hall–Kier alpha value is -0.910. The lowest BCUT2D eigenvalue weighted by molar-refractivity contribution is 0.529. The summed E-state index contributed by atoms with van der Waals surface area (Å²) in [5.74, 6) is 0.526. The standard InChI is InChI=1S/C16H18BrFN2S/c1-2-7-20-16(14-6-8-19-10-15(14)18)11-21-13-5-3-4-12(17)9-13/h3-6,8-10,16,20H,2,7,11H2,1H3. The van der Waals surface area contributed by atoms with Crippen molar-refractivity contribution in [2.24, 2.45) is 0 Å². The molecule has 2 nitrogen and oxygen atoms in total. The van der Waals surface area contributed by atoms with E-state index in [9.17, 15) is 4.39 Å². The Kier molecular flexibility index (Phi) is 6.67. The van der Waals surface area contributed by atoms with Crippen LogP contribution >= 0.6 is 27.7 Å². The lowest BCUT2D eigenvalue weighted by atomic mass is 10.1. The van der Waals surface area contributed by atoms with Crippen molar-refractivity contribution >= 4 is 27.7 Å². The highest BCUT2D eigenvalue weighted by atomic mass is 79.9. The summed E-state index contributed by atoms with van der Waals surface area (Å²) in [5.41, 5.74) is 0.681. The van der Waals surface area contributed by atoms with E-state index in [1.807, 2.05) is 12.1 Å². The molecule has 1 aromatic heterocycles. The van der Waals surface area contributed by atoms with Gasteiger partial charge in [-0.25, -0.2) is 4.39 Å². The number of benzene rings is 1. The van der Waals surface area contributed by atoms with E-state index in [4.69, 9.17) is 0 Å². The molecule has 1 unspecified atom stereocenters. The molecule has 0 radical (unpaired) electrons. The van der Waals surface area contributed by atoms with Gasteiger partial charge in [0.05, 0.1) is 6.20 Å². The molecule has 1 atom stereocenters. The summed E-state index contributed by atoms with van der Waals surface area (Å²) in [6.45, 7) is 2.97. The highest BCUT2D eigenvalue weighted by molar-refractivity contribution is 9.10. The van der Waals surface area contributed by atoms with E-state index in [1.54, 1.807) is 24.0 Å². The summed E-state index contributed by atoms with van der Waals surface area (Å²) in [6, 6.07) is 9.88. The van der Waals surface area contributed by atoms with Crippen LogP contribution in [0.2, 0.25) is 0 Å². The van der Waals surface area contributed by atoms with Gasteiger partial charge < -0.3 is 5.32 Å². The van der Waals surface area contributed by atoms with Crippen molar-refractivity contribution in [3.05, 3.63) is 58.6 Å². The van der Waals surface area contributed by atoms with Crippen LogP contribution in [-0.4, -0.2) is 17.3 Å². The molecule has 0 fully saturated rings. The lowest BCUT2D eigenvalue weighted by Crippen LogP contribution is -2.25. The van der Waals surface area contributed by atoms with E-state index in [-0.39, 0.29) is 11.9 Å². The molecular weight excluding hydrogens is 351 g/mol. The van der Waals surface area contributed by atoms with Crippen LogP contribution in [0, 0.1) is 5.82 Å². The zero-order valence-corrected chi connectivity index (χ0v) is 14.3. The van der Waals surface area contributed by atoms with Gasteiger partial charge in [-0.2, -0.15) is 0 Å². The van der Waals surface area contributed by atoms with Crippen LogP contribution in [-0.2, 0) is 0 Å². The summed E-state index contributed by atoms with van der Waals surface area (Å²) in [4.78, 5) is 4.99. The van der Waals surface area contributed by atoms with Crippen LogP contribution in [0.5, 0.6) is 0 Å². The van der Waals surface area contributed by atoms with Gasteiger partial charge in [0.25, 0.3) is 0 Å². The molecule has 0 aliphatic carbocycles. The minimum atomic E-state index is -0.249. The number of nitrogens with one attached hydrogen (secondary N) is 1. The van der Waals surface area contributed by atoms with Gasteiger partial charge in [0, 0.05) is 32.9 Å². The number of halogens is 2. The molecule has 0 aliphatic rings. The Morgan fingerprint density at radius 3 is 2.95 bits per heavy atom. The largest absolute Gasteiger partial charge is 0.309 e. The molecule has 0 aliphatic heterocycles. The van der Waals surface area contributed by atoms with Gasteiger partial charge in [0.1, 0.15) is 5.82 Å². The van der Waals surface area contributed by atoms with Crippen LogP contribution in [0.3, 0.4) is 0 Å². The second-order valence-electron chi connectivity index (χ2n) is 4.67. The summed E-state index contributed by atoms with van der Waals surface area (Å²) >= 11 is 5.19. The quantitative estimate of drug-likeness (QED) is 0.709. The van der Waals surface area contributed by atoms with Gasteiger partial charge in [0.15, 0.2) is 0 Å². The Bertz CT molecular complexity index is 580. The van der Waals surface area contributed by atoms with Gasteiger partial charge in [-0.3, -0.25) is 4.98 Å². The number of thioether (sulfide) groups is 1. The maximum absolute atomic E-state index is 13.9. The van der Waals surface area contributed by atoms with Crippen molar-refractivity contribution < 1.29 is 4.39 Å². The van der Waals surface area contributed by atoms with Gasteiger partial charge >= 0.3 is 0 Å². The van der Waals surface area contributed by atoms with Crippen molar-refractivity contribution in [2.45, 2.75) is 24.3 Å². The van der Waals surface area contributed by atoms with Gasteiger partial charge in [-0.15, -0.1) is 11.8 Å². The predicted octanol–water partition coefficient (Wildman–Crippen LogP) is 4.82. The molecule has 112 valence electrons. The van der Waals surface area contributed by atoms with Crippen molar-refractivity contribution in [1.29, 1.82) is 0 Å². The highest BCUT2D eigenvalue weighted by Gasteiger charge is 2.15. The topological polar surface area (TPSA) is 24.9 Å². The third-order valence-electron chi connectivity index (χ3n) is 3.03. The summed E-state index contributed by atoms with van der Waals surface area (Å²) in [5, 5.41) is 3.41. The Morgan fingerprint density at radius 2 is 2.24 bits per heavy atom. The number of rotatable bonds is 7. The van der Waals surface area contributed by atoms with E-state index >= 15 is 0 Å². The molecule has 0 saturated carbocycles. The first-order valence-electron chi connectivity index (χ1n) is 6.92. The van der Waals surface area contributed by atoms with Crippen LogP contribution < -0.4 is 5.32 Å². The molecule has 0 spiro atoms. The first-order chi connectivity index (χ1) is 10.2. The molecule has 0 bridgehead atoms. The van der Waals surface area contributed by atoms with E-state index in [0.717, 1.165) is 23.2 Å². The van der Waals surface area contributed by atoms with Crippen LogP contribution in [0.25, 0.3) is 0 Å². The Morgan fingerprint density at radius 1 is 1.38 bits per heavy atom. The van der Waals surface area contributed by atoms with Crippen LogP contribution in [0.15, 0.2) is 52.1 Å². The third-order valence-corrected chi connectivity index (χ3v) is 4.61. The van der Waals surface area contributed by atoms with E-state index < -0.39 is 0 Å². The van der Waals surface area contributed by atoms with Crippen molar-refractivity contribution in [3.8, 4) is 0 Å². The van der Waals surface area contributed by atoms with E-state index in [2.05, 4.69) is 45.3 Å². The fourth-order valence-corrected chi connectivity index (χ4v) is 3.57. The first kappa shape index (κ1) is 16.5. The minimum Gasteiger partial charge on any atom is -0.309 e. The Labute approximate surface area is 137 Å². The molecule has 2 rings (SSSR count). The third kappa shape index (κ3) is 5.09. The van der Waals surface area contributed by atoms with E-state index in [1.165, 1.54) is 11.1 Å². The average molecular weight is 369 g/mol. The number of hydrogen-bond donors (Lipinski definition) is 1. The normalized spacial score (nSPS) is 12.3. The van der Waals surface area contributed by atoms with Gasteiger partial charge in [-0.05, 0) is 37.2 Å². The van der Waals surface area contributed by atoms with Crippen LogP contribution in [0.4, 0.5) is 4.39 Å². The molecule has 1 heterocycles. The number of pyridine rings is 1. The molecule has 1 N–H and O–H groups in total. The minimum absolute atomic E-state index is 0.0167. The molecule has 0 amide bonds. The van der Waals surface area contributed by atoms with Crippen molar-refractivity contribution in [3.63, 3.8) is 0 Å². The molecule has 21 heavy (non-hydrogen) atoms. The zero-order valence-electron chi connectivity index (χ0n) is 11.9. The fourth-order valence-electron chi connectivity index (χ4n) is 1.98. The smallest absolute Gasteiger partial charge is 0.146 e. The second-order valence-corrected chi connectivity index (χ2v) is 6.68. The maximum atomic E-state index is 13.9. The van der Waals surface area contributed by atoms with E-state index in [0.29, 0.717) is 5.56 Å². The SMILES string of the molecule is CCCNC(CSc1cccc(Br)c1)c1ccncc1F. The number of nitrogens with zero attached hydrogens (tertiary/aromatic N) is 1. The maximum Gasteiger partial charge on any atom is 0.146 e. The summed E-state index contributed by atoms with van der Waals surface area (Å²) < 4.78 is 15.0. The number of hydrogen-bond acceptors (Lipinski definition) is 3. The summed E-state index contributed by atoms with van der Waals surface area (Å²) in [6.07, 6.45) is 3.94. The van der Waals surface area contributed by atoms with Gasteiger partial charge in [0.2, 0.25) is 0 Å². The Balaban J connectivity index is 2.08. The monoisotopic (exact) mass is 368 g/mol. The highest BCUT2D eigenvalue weighted by Crippen LogP contribution is 2.27. The molecule has 1 aromatic carbocycles. The first-order valence-corrected chi connectivity index (χ1v) is 8.69. The summed E-state index contributed by atoms with van der Waals surface area (Å²) in [7, 11) is 0. The van der Waals surface area contributed by atoms with Crippen molar-refractivity contribution in [2.75, 3.05) is 12.3 Å². The zero-order chi connectivity index (χ0) is 15.1. The molecule has 5 heteroatoms. The predicted molar refractivity (Wildman–Crippen MR) is 90.1 cm³/mol. The molecule has 2 aromatic rings. The molecule has 0 saturated heterocycles. The average Bonchev–Trinajstić information content (AvgIpc) is 2.48. The number of aromatic nitrogens is 1. The van der Waals surface area contributed by atoms with Gasteiger partial charge in [-0.1, -0.05) is 28.9 Å². The molecular formula is C16H18BrFN2S. The van der Waals surface area contributed by atoms with Crippen LogP contribution in [0.1, 0.15) is 24.9 Å². The van der Waals surface area contributed by atoms with Crippen molar-refractivity contribution in [1.82, 2.24) is 10.3 Å². The fraction of sp³-hybridized carbons (Fsp3) is 0.312.